The van der Waals surface area contributed by atoms with Crippen LogP contribution in [0.25, 0.3) is 0 Å². The van der Waals surface area contributed by atoms with Crippen LogP contribution in [0.2, 0.25) is 18.6 Å². The first-order valence-electron chi connectivity index (χ1n) is 17.3. The van der Waals surface area contributed by atoms with Crippen molar-refractivity contribution in [2.75, 3.05) is 23.0 Å². The summed E-state index contributed by atoms with van der Waals surface area (Å²) in [4.78, 5) is 69.8. The van der Waals surface area contributed by atoms with Gasteiger partial charge in [-0.1, -0.05) is 37.3 Å². The van der Waals surface area contributed by atoms with E-state index in [1.165, 1.54) is 12.1 Å². The Morgan fingerprint density at radius 3 is 2.58 bits per heavy atom. The van der Waals surface area contributed by atoms with Crippen LogP contribution in [0, 0.1) is 16.0 Å². The van der Waals surface area contributed by atoms with Crippen LogP contribution in [0.15, 0.2) is 66.7 Å². The summed E-state index contributed by atoms with van der Waals surface area (Å²) in [7, 11) is -3.11. The van der Waals surface area contributed by atoms with E-state index in [4.69, 9.17) is 4.74 Å². The first-order valence-corrected chi connectivity index (χ1v) is 20.3. The van der Waals surface area contributed by atoms with E-state index in [1.807, 2.05) is 55.5 Å². The Labute approximate surface area is 291 Å². The molecule has 7 rings (SSSR count). The molecule has 3 amide bonds. The molecule has 0 unspecified atom stereocenters. The lowest BCUT2D eigenvalue weighted by Crippen LogP contribution is -2.46. The maximum atomic E-state index is 14.9. The Morgan fingerprint density at radius 2 is 1.84 bits per heavy atom. The van der Waals surface area contributed by atoms with Gasteiger partial charge in [-0.05, 0) is 67.7 Å². The SMILES string of the molecule is C[C@H]1[C@H]([Si](C)(C)O)[C@@H](CC(=O)N2CCC[C@H]2CO)O[C@]12C(=O)N(Cc1cccc(N3C(=O)CCc4ccccc43)c1)c1ccc([N+](=O)[O-])cc12. The standard InChI is InChI=1S/C37H42N4O8Si/c1-23-35(50(2,3)48)32(20-34(44)38-17-7-11-28(38)22-42)49-37(23)29-19-27(41(46)47)14-15-31(29)39(36(37)45)21-24-8-6-10-26(18-24)40-30-12-5-4-9-25(30)13-16-33(40)43/h4-6,8-10,12,14-15,18-19,23,28,32,35,42,48H,7,11,13,16-17,20-22H2,1-3H3/t23-,28-,32+,35-,37+/m0/s1. The Bertz CT molecular complexity index is 1880. The average molecular weight is 699 g/mol. The second-order valence-electron chi connectivity index (χ2n) is 14.5. The van der Waals surface area contributed by atoms with Gasteiger partial charge in [0.25, 0.3) is 11.6 Å². The minimum Gasteiger partial charge on any atom is -0.432 e. The van der Waals surface area contributed by atoms with Crippen molar-refractivity contribution in [1.82, 2.24) is 4.90 Å². The number of aliphatic hydroxyl groups excluding tert-OH is 1. The minimum absolute atomic E-state index is 0.0236. The van der Waals surface area contributed by atoms with Gasteiger partial charge in [0.05, 0.1) is 48.0 Å². The molecule has 0 aromatic heterocycles. The number of carbonyl (C=O) groups is 3. The van der Waals surface area contributed by atoms with Crippen molar-refractivity contribution >= 4 is 48.8 Å². The molecule has 3 aromatic rings. The molecule has 4 aliphatic rings. The summed E-state index contributed by atoms with van der Waals surface area (Å²) in [6.07, 6.45) is 1.60. The van der Waals surface area contributed by atoms with Crippen molar-refractivity contribution in [2.45, 2.75) is 82.0 Å². The summed E-state index contributed by atoms with van der Waals surface area (Å²) < 4.78 is 6.77. The largest absolute Gasteiger partial charge is 0.432 e. The van der Waals surface area contributed by atoms with Gasteiger partial charge in [0.15, 0.2) is 13.9 Å². The van der Waals surface area contributed by atoms with Crippen LogP contribution >= 0.6 is 0 Å². The number of likely N-dealkylation sites (tertiary alicyclic amines) is 1. The summed E-state index contributed by atoms with van der Waals surface area (Å²) in [5.41, 5.74) is 1.69. The highest BCUT2D eigenvalue weighted by Gasteiger charge is 2.66. The molecule has 0 radical (unpaired) electrons. The molecule has 4 aliphatic heterocycles. The van der Waals surface area contributed by atoms with E-state index in [9.17, 15) is 34.4 Å². The number of benzene rings is 3. The van der Waals surface area contributed by atoms with Crippen LogP contribution in [-0.2, 0) is 37.7 Å². The third kappa shape index (κ3) is 5.52. The number of ether oxygens (including phenoxy) is 1. The van der Waals surface area contributed by atoms with E-state index in [1.54, 1.807) is 33.9 Å². The molecule has 2 N–H and O–H groups in total. The predicted octanol–water partition coefficient (Wildman–Crippen LogP) is 4.92. The number of nitrogens with zero attached hydrogens (tertiary/aromatic N) is 4. The number of fused-ring (bicyclic) bond motifs is 3. The van der Waals surface area contributed by atoms with Gasteiger partial charge in [0, 0.05) is 47.8 Å². The molecule has 2 fully saturated rings. The summed E-state index contributed by atoms with van der Waals surface area (Å²) >= 11 is 0. The van der Waals surface area contributed by atoms with Crippen LogP contribution in [0.5, 0.6) is 0 Å². The zero-order valence-electron chi connectivity index (χ0n) is 28.4. The van der Waals surface area contributed by atoms with Gasteiger partial charge < -0.3 is 24.4 Å². The van der Waals surface area contributed by atoms with Crippen molar-refractivity contribution in [3.8, 4) is 0 Å². The molecule has 12 nitrogen and oxygen atoms in total. The van der Waals surface area contributed by atoms with Gasteiger partial charge in [0.1, 0.15) is 0 Å². The van der Waals surface area contributed by atoms with Crippen molar-refractivity contribution in [3.05, 3.63) is 93.5 Å². The number of hydrogen-bond acceptors (Lipinski definition) is 8. The summed E-state index contributed by atoms with van der Waals surface area (Å²) in [5.74, 6) is -1.28. The molecular weight excluding hydrogens is 657 g/mol. The molecule has 1 spiro atoms. The van der Waals surface area contributed by atoms with E-state index >= 15 is 0 Å². The lowest BCUT2D eigenvalue weighted by molar-refractivity contribution is -0.385. The maximum Gasteiger partial charge on any atom is 0.269 e. The number of aryl methyl sites for hydroxylation is 1. The smallest absolute Gasteiger partial charge is 0.269 e. The quantitative estimate of drug-likeness (QED) is 0.191. The van der Waals surface area contributed by atoms with Gasteiger partial charge in [-0.15, -0.1) is 0 Å². The van der Waals surface area contributed by atoms with Crippen LogP contribution in [0.1, 0.15) is 49.3 Å². The maximum absolute atomic E-state index is 14.9. The second-order valence-corrected chi connectivity index (χ2v) is 18.5. The molecule has 5 atom stereocenters. The van der Waals surface area contributed by atoms with Crippen LogP contribution < -0.4 is 9.80 Å². The van der Waals surface area contributed by atoms with Crippen molar-refractivity contribution in [2.24, 2.45) is 5.92 Å². The number of anilines is 3. The fraction of sp³-hybridized carbons (Fsp3) is 0.432. The Balaban J connectivity index is 1.26. The normalized spacial score (nSPS) is 26.1. The fourth-order valence-corrected chi connectivity index (χ4v) is 11.4. The number of hydrogen-bond donors (Lipinski definition) is 2. The topological polar surface area (TPSA) is 154 Å². The first-order chi connectivity index (χ1) is 23.8. The van der Waals surface area contributed by atoms with Gasteiger partial charge in [0.2, 0.25) is 11.8 Å². The third-order valence-corrected chi connectivity index (χ3v) is 13.6. The Morgan fingerprint density at radius 1 is 1.06 bits per heavy atom. The summed E-state index contributed by atoms with van der Waals surface area (Å²) in [6, 6.07) is 19.3. The monoisotopic (exact) mass is 698 g/mol. The number of amides is 3. The lowest BCUT2D eigenvalue weighted by atomic mass is 9.82. The van der Waals surface area contributed by atoms with Crippen molar-refractivity contribution in [1.29, 1.82) is 0 Å². The van der Waals surface area contributed by atoms with E-state index in [2.05, 4.69) is 0 Å². The summed E-state index contributed by atoms with van der Waals surface area (Å²) in [6.45, 7) is 5.81. The predicted molar refractivity (Wildman–Crippen MR) is 188 cm³/mol. The van der Waals surface area contributed by atoms with Gasteiger partial charge in [-0.25, -0.2) is 0 Å². The zero-order valence-corrected chi connectivity index (χ0v) is 29.4. The average Bonchev–Trinajstić information content (AvgIpc) is 3.75. The molecule has 2 saturated heterocycles. The van der Waals surface area contributed by atoms with Gasteiger partial charge in [-0.3, -0.25) is 29.4 Å². The second kappa shape index (κ2) is 12.7. The number of non-ortho nitro benzene ring substituents is 1. The molecule has 3 aromatic carbocycles. The molecule has 13 heteroatoms. The Hall–Kier alpha value is -4.43. The van der Waals surface area contributed by atoms with Gasteiger partial charge in [-0.2, -0.15) is 0 Å². The molecule has 0 saturated carbocycles. The molecule has 0 bridgehead atoms. The van der Waals surface area contributed by atoms with Gasteiger partial charge >= 0.3 is 0 Å². The van der Waals surface area contributed by atoms with E-state index in [-0.39, 0.29) is 43.1 Å². The zero-order chi connectivity index (χ0) is 35.5. The fourth-order valence-electron chi connectivity index (χ4n) is 8.87. The van der Waals surface area contributed by atoms with Crippen LogP contribution in [-0.4, -0.2) is 71.1 Å². The molecule has 262 valence electrons. The van der Waals surface area contributed by atoms with E-state index in [0.717, 1.165) is 23.2 Å². The Kier molecular flexibility index (Phi) is 8.65. The van der Waals surface area contributed by atoms with E-state index < -0.39 is 42.3 Å². The first kappa shape index (κ1) is 34.0. The highest BCUT2D eigenvalue weighted by Crippen LogP contribution is 2.60. The number of nitro benzene ring substituents is 1. The molecule has 4 heterocycles. The van der Waals surface area contributed by atoms with Crippen LogP contribution in [0.3, 0.4) is 0 Å². The lowest BCUT2D eigenvalue weighted by Gasteiger charge is -2.33. The minimum atomic E-state index is -3.11. The molecule has 50 heavy (non-hydrogen) atoms. The number of nitro groups is 1. The van der Waals surface area contributed by atoms with Crippen molar-refractivity contribution < 1.29 is 33.9 Å². The third-order valence-electron chi connectivity index (χ3n) is 11.1. The van der Waals surface area contributed by atoms with E-state index in [0.29, 0.717) is 42.7 Å². The van der Waals surface area contributed by atoms with Crippen molar-refractivity contribution in [3.63, 3.8) is 0 Å². The highest BCUT2D eigenvalue weighted by molar-refractivity contribution is 6.71. The number of carbonyl (C=O) groups excluding carboxylic acids is 3. The summed E-state index contributed by atoms with van der Waals surface area (Å²) in [5, 5.41) is 21.9. The number of aliphatic hydroxyl groups is 1. The van der Waals surface area contributed by atoms with Crippen LogP contribution in [0.4, 0.5) is 22.7 Å². The highest BCUT2D eigenvalue weighted by atomic mass is 28.4. The molecular formula is C37H42N4O8Si. The molecule has 0 aliphatic carbocycles. The number of para-hydroxylation sites is 1. The number of rotatable bonds is 8.